The first-order valence-corrected chi connectivity index (χ1v) is 8.21. The Morgan fingerprint density at radius 3 is 3.00 bits per heavy atom. The van der Waals surface area contributed by atoms with Gasteiger partial charge in [-0.2, -0.15) is 5.10 Å². The van der Waals surface area contributed by atoms with Crippen LogP contribution in [0.1, 0.15) is 23.9 Å². The van der Waals surface area contributed by atoms with Gasteiger partial charge in [-0.3, -0.25) is 5.10 Å². The molecule has 1 aliphatic heterocycles. The number of H-pyrrole nitrogens is 1. The van der Waals surface area contributed by atoms with Crippen molar-refractivity contribution in [3.05, 3.63) is 41.7 Å². The summed E-state index contributed by atoms with van der Waals surface area (Å²) in [5, 5.41) is 6.39. The Balaban J connectivity index is 1.86. The molecule has 9 heteroatoms. The molecule has 0 amide bonds. The van der Waals surface area contributed by atoms with Gasteiger partial charge in [-0.1, -0.05) is 12.1 Å². The summed E-state index contributed by atoms with van der Waals surface area (Å²) in [6, 6.07) is 3.73. The van der Waals surface area contributed by atoms with Crippen molar-refractivity contribution in [2.24, 2.45) is 0 Å². The highest BCUT2D eigenvalue weighted by Crippen LogP contribution is 2.28. The summed E-state index contributed by atoms with van der Waals surface area (Å²) < 4.78 is 46.9. The van der Waals surface area contributed by atoms with Gasteiger partial charge in [0.05, 0.1) is 6.04 Å². The minimum absolute atomic E-state index is 0.275. The number of hydrogen-bond donors (Lipinski definition) is 2. The smallest absolute Gasteiger partial charge is 0.243 e. The molecule has 1 fully saturated rings. The molecule has 0 radical (unpaired) electrons. The molecule has 2 aromatic rings. The van der Waals surface area contributed by atoms with Crippen molar-refractivity contribution in [2.75, 3.05) is 6.61 Å². The van der Waals surface area contributed by atoms with Crippen LogP contribution in [0, 0.1) is 12.7 Å². The molecule has 3 rings (SSSR count). The highest BCUT2D eigenvalue weighted by atomic mass is 32.2. The second-order valence-electron chi connectivity index (χ2n) is 5.07. The quantitative estimate of drug-likeness (QED) is 0.876. The third kappa shape index (κ3) is 2.74. The number of rotatable bonds is 4. The van der Waals surface area contributed by atoms with E-state index in [0.29, 0.717) is 18.9 Å². The lowest BCUT2D eigenvalue weighted by Gasteiger charge is -2.18. The molecule has 0 aliphatic carbocycles. The zero-order chi connectivity index (χ0) is 15.7. The van der Waals surface area contributed by atoms with Crippen LogP contribution in [-0.2, 0) is 14.8 Å². The van der Waals surface area contributed by atoms with Gasteiger partial charge in [0, 0.05) is 6.61 Å². The molecular weight excluding hydrogens is 311 g/mol. The van der Waals surface area contributed by atoms with Crippen molar-refractivity contribution in [3.63, 3.8) is 0 Å². The van der Waals surface area contributed by atoms with E-state index < -0.39 is 28.0 Å². The summed E-state index contributed by atoms with van der Waals surface area (Å²) in [6.45, 7) is 1.90. The molecule has 2 N–H and O–H groups in total. The van der Waals surface area contributed by atoms with Crippen molar-refractivity contribution >= 4 is 10.0 Å². The number of nitrogens with zero attached hydrogens (tertiary/aromatic N) is 2. The topological polar surface area (TPSA) is 97.0 Å². The number of aromatic amines is 1. The highest BCUT2D eigenvalue weighted by molar-refractivity contribution is 7.89. The first-order valence-electron chi connectivity index (χ1n) is 6.73. The standard InChI is InChI=1S/C13H15FN4O3S/c1-8-3-2-4-10(11(8)14)22(19,20)18-9-5-6-21-12(9)13-15-7-16-17-13/h2-4,7,9,12,18H,5-6H2,1H3,(H,15,16,17)/t9-,12+/m0/s1. The van der Waals surface area contributed by atoms with E-state index in [9.17, 15) is 12.8 Å². The van der Waals surface area contributed by atoms with E-state index in [1.165, 1.54) is 31.5 Å². The molecule has 22 heavy (non-hydrogen) atoms. The molecule has 0 saturated carbocycles. The average Bonchev–Trinajstić information content (AvgIpc) is 3.11. The number of aryl methyl sites for hydroxylation is 1. The van der Waals surface area contributed by atoms with Crippen molar-refractivity contribution in [2.45, 2.75) is 30.4 Å². The van der Waals surface area contributed by atoms with Crippen LogP contribution in [0.2, 0.25) is 0 Å². The third-order valence-electron chi connectivity index (χ3n) is 3.55. The number of benzene rings is 1. The Bertz CT molecular complexity index is 764. The van der Waals surface area contributed by atoms with Gasteiger partial charge in [0.2, 0.25) is 10.0 Å². The zero-order valence-corrected chi connectivity index (χ0v) is 12.6. The van der Waals surface area contributed by atoms with E-state index in [0.717, 1.165) is 0 Å². The predicted molar refractivity (Wildman–Crippen MR) is 74.9 cm³/mol. The Hall–Kier alpha value is -1.84. The molecule has 7 nitrogen and oxygen atoms in total. The molecule has 2 atom stereocenters. The first-order chi connectivity index (χ1) is 10.5. The summed E-state index contributed by atoms with van der Waals surface area (Å²) in [6.07, 6.45) is 1.23. The lowest BCUT2D eigenvalue weighted by atomic mass is 10.1. The van der Waals surface area contributed by atoms with Crippen LogP contribution in [0.25, 0.3) is 0 Å². The molecule has 1 aromatic heterocycles. The minimum Gasteiger partial charge on any atom is -0.368 e. The van der Waals surface area contributed by atoms with Gasteiger partial charge in [-0.05, 0) is 25.0 Å². The molecule has 118 valence electrons. The monoisotopic (exact) mass is 326 g/mol. The van der Waals surface area contributed by atoms with Crippen LogP contribution >= 0.6 is 0 Å². The van der Waals surface area contributed by atoms with Crippen molar-refractivity contribution in [3.8, 4) is 0 Å². The van der Waals surface area contributed by atoms with E-state index in [-0.39, 0.29) is 10.5 Å². The van der Waals surface area contributed by atoms with Gasteiger partial charge in [0.1, 0.15) is 23.1 Å². The van der Waals surface area contributed by atoms with Gasteiger partial charge in [0.25, 0.3) is 0 Å². The van der Waals surface area contributed by atoms with Gasteiger partial charge >= 0.3 is 0 Å². The first kappa shape index (κ1) is 15.1. The summed E-state index contributed by atoms with van der Waals surface area (Å²) in [5.41, 5.74) is 0.275. The van der Waals surface area contributed by atoms with E-state index in [2.05, 4.69) is 19.9 Å². The van der Waals surface area contributed by atoms with Crippen LogP contribution in [0.3, 0.4) is 0 Å². The van der Waals surface area contributed by atoms with E-state index in [1.54, 1.807) is 0 Å². The van der Waals surface area contributed by atoms with Gasteiger partial charge in [0.15, 0.2) is 5.82 Å². The lowest BCUT2D eigenvalue weighted by Crippen LogP contribution is -2.37. The molecule has 0 spiro atoms. The second-order valence-corrected chi connectivity index (χ2v) is 6.75. The average molecular weight is 326 g/mol. The Labute approximate surface area is 127 Å². The maximum atomic E-state index is 14.1. The number of halogens is 1. The maximum Gasteiger partial charge on any atom is 0.243 e. The number of aromatic nitrogens is 3. The van der Waals surface area contributed by atoms with Crippen molar-refractivity contribution in [1.82, 2.24) is 19.9 Å². The molecule has 1 saturated heterocycles. The Kier molecular flexibility index (Phi) is 3.94. The SMILES string of the molecule is Cc1cccc(S(=O)(=O)N[C@H]2CCO[C@H]2c2ncn[nH]2)c1F. The van der Waals surface area contributed by atoms with E-state index >= 15 is 0 Å². The highest BCUT2D eigenvalue weighted by Gasteiger charge is 2.35. The summed E-state index contributed by atoms with van der Waals surface area (Å²) in [5.74, 6) is -0.306. The third-order valence-corrected chi connectivity index (χ3v) is 5.05. The van der Waals surface area contributed by atoms with Gasteiger partial charge in [-0.25, -0.2) is 22.5 Å². The van der Waals surface area contributed by atoms with Crippen LogP contribution in [0.5, 0.6) is 0 Å². The molecule has 1 aromatic carbocycles. The maximum absolute atomic E-state index is 14.1. The summed E-state index contributed by atoms with van der Waals surface area (Å²) >= 11 is 0. The number of hydrogen-bond acceptors (Lipinski definition) is 5. The fourth-order valence-corrected chi connectivity index (χ4v) is 3.84. The lowest BCUT2D eigenvalue weighted by molar-refractivity contribution is 0.0957. The minimum atomic E-state index is -3.99. The number of nitrogens with one attached hydrogen (secondary N) is 2. The Morgan fingerprint density at radius 1 is 1.45 bits per heavy atom. The van der Waals surface area contributed by atoms with E-state index in [1.807, 2.05) is 0 Å². The van der Waals surface area contributed by atoms with Crippen LogP contribution in [0.4, 0.5) is 4.39 Å². The molecule has 2 heterocycles. The zero-order valence-electron chi connectivity index (χ0n) is 11.8. The number of sulfonamides is 1. The molecule has 0 bridgehead atoms. The number of ether oxygens (including phenoxy) is 1. The molecular formula is C13H15FN4O3S. The van der Waals surface area contributed by atoms with Crippen LogP contribution in [-0.4, -0.2) is 36.2 Å². The predicted octanol–water partition coefficient (Wildman–Crippen LogP) is 1.06. The molecule has 0 unspecified atom stereocenters. The second kappa shape index (κ2) is 5.75. The normalized spacial score (nSPS) is 22.1. The van der Waals surface area contributed by atoms with Crippen LogP contribution in [0.15, 0.2) is 29.4 Å². The van der Waals surface area contributed by atoms with Crippen molar-refractivity contribution < 1.29 is 17.5 Å². The summed E-state index contributed by atoms with van der Waals surface area (Å²) in [7, 11) is -3.99. The van der Waals surface area contributed by atoms with Gasteiger partial charge in [-0.15, -0.1) is 0 Å². The van der Waals surface area contributed by atoms with Crippen molar-refractivity contribution in [1.29, 1.82) is 0 Å². The fraction of sp³-hybridized carbons (Fsp3) is 0.385. The molecule has 1 aliphatic rings. The summed E-state index contributed by atoms with van der Waals surface area (Å²) in [4.78, 5) is 3.62. The van der Waals surface area contributed by atoms with E-state index in [4.69, 9.17) is 4.74 Å². The Morgan fingerprint density at radius 2 is 2.27 bits per heavy atom. The fourth-order valence-electron chi connectivity index (χ4n) is 2.42. The van der Waals surface area contributed by atoms with Crippen LogP contribution < -0.4 is 4.72 Å². The van der Waals surface area contributed by atoms with Gasteiger partial charge < -0.3 is 4.74 Å². The largest absolute Gasteiger partial charge is 0.368 e.